The second-order valence-electron chi connectivity index (χ2n) is 10.7. The van der Waals surface area contributed by atoms with Crippen LogP contribution in [0.1, 0.15) is 54.4 Å². The normalized spacial score (nSPS) is 24.6. The molecule has 2 rings (SSSR count). The Morgan fingerprint density at radius 3 is 1.19 bits per heavy atom. The summed E-state index contributed by atoms with van der Waals surface area (Å²) >= 11 is 0. The van der Waals surface area contributed by atoms with Crippen LogP contribution >= 0.6 is 0 Å². The maximum Gasteiger partial charge on any atom is 0.410 e. The van der Waals surface area contributed by atoms with E-state index >= 15 is 0 Å². The second-order valence-corrected chi connectivity index (χ2v) is 10.7. The molecule has 0 spiro atoms. The van der Waals surface area contributed by atoms with Crippen LogP contribution in [0.3, 0.4) is 0 Å². The quantitative estimate of drug-likeness (QED) is 0.400. The van der Waals surface area contributed by atoms with Gasteiger partial charge in [0.1, 0.15) is 23.5 Å². The van der Waals surface area contributed by atoms with Crippen molar-refractivity contribution in [2.45, 2.75) is 77.9 Å². The van der Waals surface area contributed by atoms with Crippen molar-refractivity contribution in [1.29, 1.82) is 0 Å². The van der Waals surface area contributed by atoms with Gasteiger partial charge >= 0.3 is 24.1 Å². The number of alkyl halides is 2. The van der Waals surface area contributed by atoms with Gasteiger partial charge in [-0.05, 0) is 54.4 Å². The molecule has 2 fully saturated rings. The molecule has 0 saturated carbocycles. The minimum absolute atomic E-state index is 0.130. The van der Waals surface area contributed by atoms with Crippen LogP contribution < -0.4 is 0 Å². The smallest absolute Gasteiger partial charge is 0.410 e. The molecular formula is C24H40F2N2O8. The van der Waals surface area contributed by atoms with E-state index in [1.54, 1.807) is 41.5 Å². The number of nitrogens with zero attached hydrogens (tertiary/aromatic N) is 2. The number of hydrogen-bond donors (Lipinski definition) is 0. The lowest BCUT2D eigenvalue weighted by molar-refractivity contribution is -0.150. The van der Waals surface area contributed by atoms with E-state index in [4.69, 9.17) is 9.47 Å². The largest absolute Gasteiger partial charge is 0.469 e. The van der Waals surface area contributed by atoms with Crippen LogP contribution in [0, 0.1) is 11.8 Å². The van der Waals surface area contributed by atoms with Crippen molar-refractivity contribution in [3.63, 3.8) is 0 Å². The number of amides is 2. The Balaban J connectivity index is 0.000000360. The average molecular weight is 523 g/mol. The molecule has 0 unspecified atom stereocenters. The highest BCUT2D eigenvalue weighted by Crippen LogP contribution is 2.24. The number of carbonyl (C=O) groups excluding carboxylic acids is 4. The van der Waals surface area contributed by atoms with Gasteiger partial charge in [0.15, 0.2) is 0 Å². The van der Waals surface area contributed by atoms with Crippen LogP contribution in [-0.2, 0) is 28.5 Å². The molecule has 0 bridgehead atoms. The van der Waals surface area contributed by atoms with Gasteiger partial charge < -0.3 is 28.7 Å². The highest BCUT2D eigenvalue weighted by atomic mass is 19.1. The predicted octanol–water partition coefficient (Wildman–Crippen LogP) is 3.51. The van der Waals surface area contributed by atoms with Crippen molar-refractivity contribution in [3.05, 3.63) is 0 Å². The molecule has 2 aliphatic rings. The molecule has 36 heavy (non-hydrogen) atoms. The monoisotopic (exact) mass is 522 g/mol. The summed E-state index contributed by atoms with van der Waals surface area (Å²) in [5.74, 6) is -2.69. The van der Waals surface area contributed by atoms with E-state index < -0.39 is 59.5 Å². The summed E-state index contributed by atoms with van der Waals surface area (Å²) in [6.07, 6.45) is -3.39. The number of likely N-dealkylation sites (tertiary alicyclic amines) is 2. The van der Waals surface area contributed by atoms with Crippen LogP contribution in [0.15, 0.2) is 0 Å². The fraction of sp³-hybridized carbons (Fsp3) is 0.833. The van der Waals surface area contributed by atoms with Crippen LogP contribution in [0.25, 0.3) is 0 Å². The van der Waals surface area contributed by atoms with Crippen LogP contribution in [0.4, 0.5) is 18.4 Å². The van der Waals surface area contributed by atoms with E-state index in [1.807, 2.05) is 0 Å². The lowest BCUT2D eigenvalue weighted by Gasteiger charge is -2.34. The van der Waals surface area contributed by atoms with Crippen LogP contribution in [-0.4, -0.2) is 97.9 Å². The van der Waals surface area contributed by atoms with Crippen molar-refractivity contribution < 1.29 is 46.9 Å². The maximum atomic E-state index is 13.8. The molecule has 0 N–H and O–H groups in total. The van der Waals surface area contributed by atoms with E-state index in [9.17, 15) is 28.0 Å². The minimum Gasteiger partial charge on any atom is -0.469 e. The molecule has 10 nitrogen and oxygen atoms in total. The summed E-state index contributed by atoms with van der Waals surface area (Å²) in [5, 5.41) is 0. The Morgan fingerprint density at radius 1 is 0.667 bits per heavy atom. The van der Waals surface area contributed by atoms with Crippen LogP contribution in [0.5, 0.6) is 0 Å². The Morgan fingerprint density at radius 2 is 0.972 bits per heavy atom. The summed E-state index contributed by atoms with van der Waals surface area (Å²) in [7, 11) is 2.46. The van der Waals surface area contributed by atoms with Crippen molar-refractivity contribution in [2.75, 3.05) is 40.4 Å². The van der Waals surface area contributed by atoms with Gasteiger partial charge in [-0.3, -0.25) is 9.59 Å². The molecule has 0 aromatic carbocycles. The first kappa shape index (κ1) is 31.4. The maximum absolute atomic E-state index is 13.8. The zero-order valence-corrected chi connectivity index (χ0v) is 22.5. The lowest BCUT2D eigenvalue weighted by atomic mass is 9.95. The Hall–Kier alpha value is -2.66. The number of esters is 2. The average Bonchev–Trinajstić information content (AvgIpc) is 2.76. The zero-order valence-electron chi connectivity index (χ0n) is 22.5. The summed E-state index contributed by atoms with van der Waals surface area (Å²) in [4.78, 5) is 48.6. The number of ether oxygens (including phenoxy) is 4. The molecule has 4 atom stereocenters. The lowest BCUT2D eigenvalue weighted by Crippen LogP contribution is -2.48. The summed E-state index contributed by atoms with van der Waals surface area (Å²) < 4.78 is 46.9. The standard InChI is InChI=1S/2C12H20FNO4/c2*1-12(2,3)18-11(16)14-6-5-8(9(13)7-14)10(15)17-4/h2*8-9H,5-7H2,1-4H3/t2*8-,9-/m10/s1. The third kappa shape index (κ3) is 10.1. The number of halogens is 2. The third-order valence-corrected chi connectivity index (χ3v) is 5.39. The van der Waals surface area contributed by atoms with Gasteiger partial charge in [-0.25, -0.2) is 18.4 Å². The molecule has 0 aliphatic carbocycles. The first-order valence-corrected chi connectivity index (χ1v) is 11.9. The highest BCUT2D eigenvalue weighted by molar-refractivity contribution is 5.75. The number of hydrogen-bond acceptors (Lipinski definition) is 8. The van der Waals surface area contributed by atoms with E-state index in [1.165, 1.54) is 24.0 Å². The van der Waals surface area contributed by atoms with Crippen molar-refractivity contribution >= 4 is 24.1 Å². The molecule has 0 radical (unpaired) electrons. The third-order valence-electron chi connectivity index (χ3n) is 5.39. The first-order valence-electron chi connectivity index (χ1n) is 11.9. The van der Waals surface area contributed by atoms with E-state index in [0.29, 0.717) is 13.1 Å². The van der Waals surface area contributed by atoms with Crippen LogP contribution in [0.2, 0.25) is 0 Å². The molecule has 2 amide bonds. The Bertz CT molecular complexity index is 717. The summed E-state index contributed by atoms with van der Waals surface area (Å²) in [6, 6.07) is 0. The number of carbonyl (C=O) groups is 4. The molecule has 0 aromatic heterocycles. The van der Waals surface area contributed by atoms with Gasteiger partial charge in [-0.2, -0.15) is 0 Å². The SMILES string of the molecule is COC(=O)[C@@H]1CCN(C(=O)OC(C)(C)C)C[C@H]1F.COC(=O)[C@H]1CCN(C(=O)OC(C)(C)C)C[C@@H]1F. The molecule has 2 heterocycles. The van der Waals surface area contributed by atoms with Crippen molar-refractivity contribution in [2.24, 2.45) is 11.8 Å². The fourth-order valence-electron chi connectivity index (χ4n) is 3.63. The fourth-order valence-corrected chi connectivity index (χ4v) is 3.63. The molecule has 12 heteroatoms. The first-order chi connectivity index (χ1) is 16.5. The Kier molecular flexibility index (Phi) is 11.4. The van der Waals surface area contributed by atoms with E-state index in [0.717, 1.165) is 0 Å². The van der Waals surface area contributed by atoms with Gasteiger partial charge in [0.05, 0.1) is 39.1 Å². The van der Waals surface area contributed by atoms with Gasteiger partial charge in [0.2, 0.25) is 0 Å². The van der Waals surface area contributed by atoms with Crippen molar-refractivity contribution in [3.8, 4) is 0 Å². The van der Waals surface area contributed by atoms with E-state index in [-0.39, 0.29) is 25.9 Å². The number of methoxy groups -OCH3 is 2. The zero-order chi connectivity index (χ0) is 27.8. The minimum atomic E-state index is -1.40. The Labute approximate surface area is 211 Å². The summed E-state index contributed by atoms with van der Waals surface area (Å²) in [5.41, 5.74) is -1.22. The molecule has 208 valence electrons. The number of rotatable bonds is 2. The molecule has 0 aromatic rings. The molecule has 2 saturated heterocycles. The van der Waals surface area contributed by atoms with Crippen molar-refractivity contribution in [1.82, 2.24) is 9.80 Å². The molecule has 2 aliphatic heterocycles. The second kappa shape index (κ2) is 13.0. The van der Waals surface area contributed by atoms with Gasteiger partial charge in [0.25, 0.3) is 0 Å². The van der Waals surface area contributed by atoms with Gasteiger partial charge in [-0.1, -0.05) is 0 Å². The number of piperidine rings is 2. The topological polar surface area (TPSA) is 112 Å². The predicted molar refractivity (Wildman–Crippen MR) is 126 cm³/mol. The van der Waals surface area contributed by atoms with E-state index in [2.05, 4.69) is 9.47 Å². The molecular weight excluding hydrogens is 482 g/mol. The summed E-state index contributed by atoms with van der Waals surface area (Å²) in [6.45, 7) is 10.8. The van der Waals surface area contributed by atoms with Gasteiger partial charge in [0, 0.05) is 13.1 Å². The van der Waals surface area contributed by atoms with Gasteiger partial charge in [-0.15, -0.1) is 0 Å². The highest BCUT2D eigenvalue weighted by Gasteiger charge is 2.39.